The predicted molar refractivity (Wildman–Crippen MR) is 58.6 cm³/mol. The molecule has 0 saturated carbocycles. The third-order valence-corrected chi connectivity index (χ3v) is 2.41. The van der Waals surface area contributed by atoms with Gasteiger partial charge >= 0.3 is 18.3 Å². The zero-order valence-electron chi connectivity index (χ0n) is 10.8. The Morgan fingerprint density at radius 1 is 1.00 bits per heavy atom. The van der Waals surface area contributed by atoms with Gasteiger partial charge in [0, 0.05) is 0 Å². The minimum atomic E-state index is -4.98. The zero-order chi connectivity index (χ0) is 16.4. The van der Waals surface area contributed by atoms with Gasteiger partial charge in [-0.3, -0.25) is 0 Å². The van der Waals surface area contributed by atoms with Gasteiger partial charge < -0.3 is 9.47 Å². The summed E-state index contributed by atoms with van der Waals surface area (Å²) in [5.74, 6) is -1.66. The maximum atomic E-state index is 12.6. The van der Waals surface area contributed by atoms with E-state index in [4.69, 9.17) is 4.74 Å². The lowest BCUT2D eigenvalue weighted by molar-refractivity contribution is -0.148. The van der Waals surface area contributed by atoms with Crippen molar-refractivity contribution in [3.05, 3.63) is 29.3 Å². The van der Waals surface area contributed by atoms with Crippen molar-refractivity contribution < 1.29 is 40.6 Å². The molecule has 0 fully saturated rings. The summed E-state index contributed by atoms with van der Waals surface area (Å²) in [4.78, 5) is 11.1. The minimum absolute atomic E-state index is 0.0321. The maximum Gasteiger partial charge on any atom is 0.416 e. The summed E-state index contributed by atoms with van der Waals surface area (Å²) in [7, 11) is 1.01. The first-order valence-electron chi connectivity index (χ1n) is 5.49. The molecular weight excluding hydrogens is 306 g/mol. The Bertz CT molecular complexity index is 488. The van der Waals surface area contributed by atoms with Crippen molar-refractivity contribution >= 4 is 5.97 Å². The lowest BCUT2D eigenvalue weighted by atomic mass is 10.1. The molecule has 0 radical (unpaired) electrons. The van der Waals surface area contributed by atoms with E-state index in [9.17, 15) is 31.1 Å². The first-order valence-corrected chi connectivity index (χ1v) is 5.49. The standard InChI is InChI=1S/C12H10F6O3/c1-6(10(19)20-2)21-9-4-7(11(13,14)15)3-8(5-9)12(16,17)18/h3-6H,1-2H3/t6-/m1/s1. The molecule has 0 amide bonds. The number of methoxy groups -OCH3 is 1. The van der Waals surface area contributed by atoms with Crippen LogP contribution in [-0.4, -0.2) is 19.2 Å². The molecule has 0 aliphatic heterocycles. The van der Waals surface area contributed by atoms with Gasteiger partial charge in [0.25, 0.3) is 0 Å². The van der Waals surface area contributed by atoms with Gasteiger partial charge in [0.1, 0.15) is 5.75 Å². The molecule has 0 unspecified atom stereocenters. The van der Waals surface area contributed by atoms with Gasteiger partial charge in [0.05, 0.1) is 18.2 Å². The number of benzene rings is 1. The fourth-order valence-corrected chi connectivity index (χ4v) is 1.41. The Morgan fingerprint density at radius 2 is 1.43 bits per heavy atom. The number of rotatable bonds is 3. The molecule has 0 bridgehead atoms. The van der Waals surface area contributed by atoms with Gasteiger partial charge in [-0.15, -0.1) is 0 Å². The molecule has 118 valence electrons. The van der Waals surface area contributed by atoms with Crippen molar-refractivity contribution in [2.75, 3.05) is 7.11 Å². The monoisotopic (exact) mass is 316 g/mol. The molecule has 1 aromatic rings. The van der Waals surface area contributed by atoms with Crippen molar-refractivity contribution in [3.8, 4) is 5.75 Å². The van der Waals surface area contributed by atoms with E-state index < -0.39 is 41.3 Å². The van der Waals surface area contributed by atoms with Gasteiger partial charge in [-0.2, -0.15) is 26.3 Å². The largest absolute Gasteiger partial charge is 0.479 e. The van der Waals surface area contributed by atoms with E-state index in [-0.39, 0.29) is 6.07 Å². The second-order valence-corrected chi connectivity index (χ2v) is 4.02. The molecule has 1 rings (SSSR count). The normalized spacial score (nSPS) is 13.7. The Labute approximate surface area is 115 Å². The highest BCUT2D eigenvalue weighted by molar-refractivity contribution is 5.74. The summed E-state index contributed by atoms with van der Waals surface area (Å²) in [6, 6.07) is 0.735. The molecule has 0 aliphatic rings. The molecule has 0 aliphatic carbocycles. The number of alkyl halides is 6. The van der Waals surface area contributed by atoms with Crippen molar-refractivity contribution in [2.45, 2.75) is 25.4 Å². The summed E-state index contributed by atoms with van der Waals surface area (Å²) in [6.45, 7) is 1.14. The predicted octanol–water partition coefficient (Wildman–Crippen LogP) is 3.66. The Morgan fingerprint density at radius 3 is 1.76 bits per heavy atom. The van der Waals surface area contributed by atoms with Crippen LogP contribution in [0.5, 0.6) is 5.75 Å². The molecule has 0 aromatic heterocycles. The Balaban J connectivity index is 3.23. The van der Waals surface area contributed by atoms with Crippen LogP contribution in [0.4, 0.5) is 26.3 Å². The third kappa shape index (κ3) is 4.54. The molecule has 1 atom stereocenters. The third-order valence-electron chi connectivity index (χ3n) is 2.41. The highest BCUT2D eigenvalue weighted by atomic mass is 19.4. The van der Waals surface area contributed by atoms with Crippen LogP contribution in [0.2, 0.25) is 0 Å². The van der Waals surface area contributed by atoms with E-state index >= 15 is 0 Å². The number of hydrogen-bond donors (Lipinski definition) is 0. The Kier molecular flexibility index (Phi) is 4.75. The smallest absolute Gasteiger partial charge is 0.416 e. The molecule has 9 heteroatoms. The molecule has 0 N–H and O–H groups in total. The van der Waals surface area contributed by atoms with Crippen LogP contribution in [0.25, 0.3) is 0 Å². The number of halogens is 6. The van der Waals surface area contributed by atoms with E-state index in [0.29, 0.717) is 12.1 Å². The van der Waals surface area contributed by atoms with Crippen LogP contribution >= 0.6 is 0 Å². The van der Waals surface area contributed by atoms with Crippen molar-refractivity contribution in [1.29, 1.82) is 0 Å². The first kappa shape index (κ1) is 17.1. The van der Waals surface area contributed by atoms with Crippen molar-refractivity contribution in [2.24, 2.45) is 0 Å². The van der Waals surface area contributed by atoms with E-state index in [2.05, 4.69) is 4.74 Å². The SMILES string of the molecule is COC(=O)[C@@H](C)Oc1cc(C(F)(F)F)cc(C(F)(F)F)c1. The van der Waals surface area contributed by atoms with Crippen LogP contribution in [-0.2, 0) is 21.9 Å². The molecule has 1 aromatic carbocycles. The summed E-state index contributed by atoms with van der Waals surface area (Å²) < 4.78 is 84.5. The minimum Gasteiger partial charge on any atom is -0.479 e. The highest BCUT2D eigenvalue weighted by Gasteiger charge is 2.37. The summed E-state index contributed by atoms with van der Waals surface area (Å²) in [6.07, 6.45) is -11.3. The average Bonchev–Trinajstić information content (AvgIpc) is 2.35. The second kappa shape index (κ2) is 5.82. The molecule has 0 spiro atoms. The summed E-state index contributed by atoms with van der Waals surface area (Å²) in [5, 5.41) is 0. The second-order valence-electron chi connectivity index (χ2n) is 4.02. The van der Waals surface area contributed by atoms with Crippen LogP contribution < -0.4 is 4.74 Å². The maximum absolute atomic E-state index is 12.6. The summed E-state index contributed by atoms with van der Waals surface area (Å²) >= 11 is 0. The van der Waals surface area contributed by atoms with E-state index in [1.807, 2.05) is 0 Å². The van der Waals surface area contributed by atoms with Crippen molar-refractivity contribution in [3.63, 3.8) is 0 Å². The molecule has 0 saturated heterocycles. The van der Waals surface area contributed by atoms with Crippen LogP contribution in [0.3, 0.4) is 0 Å². The van der Waals surface area contributed by atoms with Crippen LogP contribution in [0.15, 0.2) is 18.2 Å². The quantitative estimate of drug-likeness (QED) is 0.630. The van der Waals surface area contributed by atoms with E-state index in [0.717, 1.165) is 14.0 Å². The number of esters is 1. The van der Waals surface area contributed by atoms with Crippen molar-refractivity contribution in [1.82, 2.24) is 0 Å². The van der Waals surface area contributed by atoms with Gasteiger partial charge in [-0.25, -0.2) is 4.79 Å². The fourth-order valence-electron chi connectivity index (χ4n) is 1.41. The summed E-state index contributed by atoms with van der Waals surface area (Å²) in [5.41, 5.74) is -3.05. The van der Waals surface area contributed by atoms with Gasteiger partial charge in [-0.1, -0.05) is 0 Å². The van der Waals surface area contributed by atoms with E-state index in [1.54, 1.807) is 0 Å². The lowest BCUT2D eigenvalue weighted by Crippen LogP contribution is -2.25. The number of carbonyl (C=O) groups excluding carboxylic acids is 1. The molecular formula is C12H10F6O3. The Hall–Kier alpha value is -1.93. The first-order chi connectivity index (χ1) is 9.45. The fraction of sp³-hybridized carbons (Fsp3) is 0.417. The lowest BCUT2D eigenvalue weighted by Gasteiger charge is -2.17. The van der Waals surface area contributed by atoms with Crippen LogP contribution in [0, 0.1) is 0 Å². The topological polar surface area (TPSA) is 35.5 Å². The zero-order valence-corrected chi connectivity index (χ0v) is 10.8. The number of ether oxygens (including phenoxy) is 2. The highest BCUT2D eigenvalue weighted by Crippen LogP contribution is 2.38. The van der Waals surface area contributed by atoms with Gasteiger partial charge in [0.15, 0.2) is 6.10 Å². The van der Waals surface area contributed by atoms with Gasteiger partial charge in [-0.05, 0) is 25.1 Å². The van der Waals surface area contributed by atoms with Gasteiger partial charge in [0.2, 0.25) is 0 Å². The van der Waals surface area contributed by atoms with Crippen LogP contribution in [0.1, 0.15) is 18.1 Å². The average molecular weight is 316 g/mol. The molecule has 0 heterocycles. The molecule has 21 heavy (non-hydrogen) atoms. The molecule has 3 nitrogen and oxygen atoms in total. The number of carbonyl (C=O) groups is 1. The van der Waals surface area contributed by atoms with E-state index in [1.165, 1.54) is 0 Å². The number of hydrogen-bond acceptors (Lipinski definition) is 3.